The number of phenols is 2. The number of benzene rings is 2. The molecule has 1 amide bonds. The fraction of sp³-hybridized carbons (Fsp3) is 0.333. The highest BCUT2D eigenvalue weighted by molar-refractivity contribution is 5.93. The number of piperazine rings is 1. The number of carbonyl (C=O) groups is 1. The van der Waals surface area contributed by atoms with E-state index in [9.17, 15) is 19.9 Å². The number of rotatable bonds is 9. The molecule has 2 heterocycles. The highest BCUT2D eigenvalue weighted by Gasteiger charge is 2.21. The Hall–Kier alpha value is -3.96. The number of ether oxygens (including phenoxy) is 1. The number of phenolic OH excluding ortho intramolecular Hbond substituents is 2. The lowest BCUT2D eigenvalue weighted by molar-refractivity contribution is 0.0940. The van der Waals surface area contributed by atoms with Crippen molar-refractivity contribution < 1.29 is 24.3 Å². The fourth-order valence-corrected chi connectivity index (χ4v) is 3.78. The van der Waals surface area contributed by atoms with Gasteiger partial charge in [-0.2, -0.15) is 0 Å². The van der Waals surface area contributed by atoms with E-state index in [0.717, 1.165) is 45.2 Å². The van der Waals surface area contributed by atoms with Gasteiger partial charge in [0.25, 0.3) is 5.91 Å². The maximum absolute atomic E-state index is 12.5. The van der Waals surface area contributed by atoms with Crippen molar-refractivity contribution in [2.75, 3.05) is 46.3 Å². The molecule has 0 spiro atoms. The SMILES string of the molecule is CN1CCN(CCCNC(=O)c2cc(-c3c(O)cc(O)cc3Oc3ccc(N=O)cc3)on2)CC1. The zero-order valence-corrected chi connectivity index (χ0v) is 19.3. The monoisotopic (exact) mass is 481 g/mol. The van der Waals surface area contributed by atoms with E-state index in [4.69, 9.17) is 9.26 Å². The third-order valence-electron chi connectivity index (χ3n) is 5.76. The first-order valence-electron chi connectivity index (χ1n) is 11.3. The molecule has 11 nitrogen and oxygen atoms in total. The van der Waals surface area contributed by atoms with Crippen LogP contribution in [0.5, 0.6) is 23.0 Å². The Kier molecular flexibility index (Phi) is 7.58. The third-order valence-corrected chi connectivity index (χ3v) is 5.76. The lowest BCUT2D eigenvalue weighted by atomic mass is 10.1. The van der Waals surface area contributed by atoms with E-state index >= 15 is 0 Å². The lowest BCUT2D eigenvalue weighted by Gasteiger charge is -2.32. The Balaban J connectivity index is 1.41. The summed E-state index contributed by atoms with van der Waals surface area (Å²) in [5.74, 6) is -0.444. The zero-order valence-electron chi connectivity index (χ0n) is 19.3. The van der Waals surface area contributed by atoms with E-state index in [1.165, 1.54) is 36.4 Å². The summed E-state index contributed by atoms with van der Waals surface area (Å²) in [5, 5.41) is 29.9. The van der Waals surface area contributed by atoms with Crippen molar-refractivity contribution in [2.45, 2.75) is 6.42 Å². The first kappa shape index (κ1) is 24.2. The Labute approximate surface area is 201 Å². The minimum absolute atomic E-state index is 0.0550. The molecule has 11 heteroatoms. The molecule has 3 N–H and O–H groups in total. The number of hydrogen-bond acceptors (Lipinski definition) is 10. The van der Waals surface area contributed by atoms with E-state index in [1.807, 2.05) is 0 Å². The van der Waals surface area contributed by atoms with Crippen LogP contribution in [0.3, 0.4) is 0 Å². The van der Waals surface area contributed by atoms with E-state index in [2.05, 4.69) is 32.5 Å². The predicted molar refractivity (Wildman–Crippen MR) is 128 cm³/mol. The molecule has 0 bridgehead atoms. The van der Waals surface area contributed by atoms with Crippen molar-refractivity contribution in [1.82, 2.24) is 20.3 Å². The van der Waals surface area contributed by atoms with Crippen molar-refractivity contribution >= 4 is 11.6 Å². The van der Waals surface area contributed by atoms with Gasteiger partial charge in [0.1, 0.15) is 34.2 Å². The summed E-state index contributed by atoms with van der Waals surface area (Å²) in [4.78, 5) is 27.8. The van der Waals surface area contributed by atoms with Gasteiger partial charge in [0.15, 0.2) is 11.5 Å². The first-order chi connectivity index (χ1) is 16.9. The van der Waals surface area contributed by atoms with Crippen LogP contribution in [0.2, 0.25) is 0 Å². The topological polar surface area (TPSA) is 141 Å². The van der Waals surface area contributed by atoms with Crippen LogP contribution < -0.4 is 10.1 Å². The van der Waals surface area contributed by atoms with Gasteiger partial charge in [-0.05, 0) is 49.5 Å². The molecular formula is C24H27N5O6. The van der Waals surface area contributed by atoms with Crippen molar-refractivity contribution in [3.63, 3.8) is 0 Å². The van der Waals surface area contributed by atoms with E-state index in [0.29, 0.717) is 12.3 Å². The largest absolute Gasteiger partial charge is 0.508 e. The molecule has 0 radical (unpaired) electrons. The molecule has 1 aliphatic heterocycles. The van der Waals surface area contributed by atoms with Crippen LogP contribution in [0.15, 0.2) is 52.2 Å². The van der Waals surface area contributed by atoms with Crippen LogP contribution in [0, 0.1) is 4.91 Å². The summed E-state index contributed by atoms with van der Waals surface area (Å²) in [6.45, 7) is 5.55. The Morgan fingerprint density at radius 2 is 1.89 bits per heavy atom. The quantitative estimate of drug-likeness (QED) is 0.310. The van der Waals surface area contributed by atoms with Gasteiger partial charge in [-0.15, -0.1) is 4.91 Å². The Morgan fingerprint density at radius 3 is 2.60 bits per heavy atom. The number of aromatic nitrogens is 1. The van der Waals surface area contributed by atoms with Crippen molar-refractivity contribution in [3.8, 4) is 34.3 Å². The number of amides is 1. The summed E-state index contributed by atoms with van der Waals surface area (Å²) in [5.41, 5.74) is 0.396. The highest BCUT2D eigenvalue weighted by atomic mass is 16.5. The summed E-state index contributed by atoms with van der Waals surface area (Å²) in [6, 6.07) is 9.78. The average Bonchev–Trinajstić information content (AvgIpc) is 3.33. The number of nitroso groups, excluding NO2 is 1. The fourth-order valence-electron chi connectivity index (χ4n) is 3.78. The molecule has 184 valence electrons. The summed E-state index contributed by atoms with van der Waals surface area (Å²) < 4.78 is 11.1. The van der Waals surface area contributed by atoms with E-state index in [-0.39, 0.29) is 40.0 Å². The second kappa shape index (κ2) is 11.0. The lowest BCUT2D eigenvalue weighted by Crippen LogP contribution is -2.45. The molecule has 1 fully saturated rings. The van der Waals surface area contributed by atoms with Crippen LogP contribution in [-0.2, 0) is 0 Å². The van der Waals surface area contributed by atoms with Gasteiger partial charge < -0.3 is 34.6 Å². The molecule has 35 heavy (non-hydrogen) atoms. The average molecular weight is 482 g/mol. The first-order valence-corrected chi connectivity index (χ1v) is 11.3. The molecule has 0 unspecified atom stereocenters. The van der Waals surface area contributed by atoms with E-state index in [1.54, 1.807) is 0 Å². The van der Waals surface area contributed by atoms with Crippen LogP contribution >= 0.6 is 0 Å². The standard InChI is InChI=1S/C24H27N5O6/c1-28-9-11-29(12-10-28)8-2-7-25-24(32)19-15-22(35-27-19)23-20(31)13-17(30)14-21(23)34-18-5-3-16(26-33)4-6-18/h3-6,13-15,30-31H,2,7-12H2,1H3,(H,25,32). The zero-order chi connectivity index (χ0) is 24.8. The molecule has 1 aliphatic rings. The minimum atomic E-state index is -0.393. The summed E-state index contributed by atoms with van der Waals surface area (Å²) >= 11 is 0. The van der Waals surface area contributed by atoms with Gasteiger partial charge in [-0.3, -0.25) is 4.79 Å². The Morgan fingerprint density at radius 1 is 1.14 bits per heavy atom. The van der Waals surface area contributed by atoms with Crippen LogP contribution in [0.4, 0.5) is 5.69 Å². The second-order valence-corrected chi connectivity index (χ2v) is 8.36. The van der Waals surface area contributed by atoms with Crippen LogP contribution in [0.1, 0.15) is 16.9 Å². The van der Waals surface area contributed by atoms with Gasteiger partial charge in [0.05, 0.1) is 0 Å². The maximum Gasteiger partial charge on any atom is 0.273 e. The van der Waals surface area contributed by atoms with Crippen molar-refractivity contribution in [3.05, 3.63) is 53.1 Å². The van der Waals surface area contributed by atoms with Gasteiger partial charge in [0, 0.05) is 50.9 Å². The molecule has 3 aromatic rings. The molecule has 0 saturated carbocycles. The van der Waals surface area contributed by atoms with Crippen molar-refractivity contribution in [1.29, 1.82) is 0 Å². The van der Waals surface area contributed by atoms with Gasteiger partial charge in [0.2, 0.25) is 0 Å². The second-order valence-electron chi connectivity index (χ2n) is 8.36. The summed E-state index contributed by atoms with van der Waals surface area (Å²) in [7, 11) is 2.11. The minimum Gasteiger partial charge on any atom is -0.508 e. The number of aromatic hydroxyl groups is 2. The molecule has 1 aromatic heterocycles. The molecule has 1 saturated heterocycles. The van der Waals surface area contributed by atoms with Gasteiger partial charge >= 0.3 is 0 Å². The normalized spacial score (nSPS) is 14.5. The number of hydrogen-bond donors (Lipinski definition) is 3. The number of nitrogens with one attached hydrogen (secondary N) is 1. The smallest absolute Gasteiger partial charge is 0.273 e. The van der Waals surface area contributed by atoms with Crippen LogP contribution in [0.25, 0.3) is 11.3 Å². The number of likely N-dealkylation sites (N-methyl/N-ethyl adjacent to an activating group) is 1. The molecule has 0 aliphatic carbocycles. The molecular weight excluding hydrogens is 454 g/mol. The molecule has 0 atom stereocenters. The van der Waals surface area contributed by atoms with E-state index < -0.39 is 5.91 Å². The molecule has 4 rings (SSSR count). The van der Waals surface area contributed by atoms with Crippen molar-refractivity contribution in [2.24, 2.45) is 5.18 Å². The maximum atomic E-state index is 12.5. The molecule has 2 aromatic carbocycles. The summed E-state index contributed by atoms with van der Waals surface area (Å²) in [6.07, 6.45) is 0.815. The third kappa shape index (κ3) is 6.14. The predicted octanol–water partition coefficient (Wildman–Crippen LogP) is 3.31. The van der Waals surface area contributed by atoms with Crippen LogP contribution in [-0.4, -0.2) is 77.4 Å². The van der Waals surface area contributed by atoms with Gasteiger partial charge in [-0.1, -0.05) is 5.16 Å². The number of carbonyl (C=O) groups excluding carboxylic acids is 1. The Bertz CT molecular complexity index is 1170. The highest BCUT2D eigenvalue weighted by Crippen LogP contribution is 2.43. The van der Waals surface area contributed by atoms with Gasteiger partial charge in [-0.25, -0.2) is 0 Å². The number of nitrogens with zero attached hydrogens (tertiary/aromatic N) is 4.